The van der Waals surface area contributed by atoms with Gasteiger partial charge in [-0.2, -0.15) is 0 Å². The number of ether oxygens (including phenoxy) is 2. The van der Waals surface area contributed by atoms with Gasteiger partial charge in [-0.15, -0.1) is 0 Å². The molecule has 0 saturated heterocycles. The number of rotatable bonds is 5. The van der Waals surface area contributed by atoms with E-state index in [2.05, 4.69) is 0 Å². The summed E-state index contributed by atoms with van der Waals surface area (Å²) >= 11 is 6.05. The first-order chi connectivity index (χ1) is 12.4. The van der Waals surface area contributed by atoms with E-state index in [1.165, 1.54) is 30.3 Å². The molecule has 0 aliphatic rings. The second kappa shape index (κ2) is 7.78. The van der Waals surface area contributed by atoms with Crippen molar-refractivity contribution >= 4 is 27.4 Å². The van der Waals surface area contributed by atoms with Gasteiger partial charge in [-0.05, 0) is 57.2 Å². The first kappa shape index (κ1) is 21.1. The summed E-state index contributed by atoms with van der Waals surface area (Å²) in [5.74, 6) is -0.449. The number of benzene rings is 2. The minimum atomic E-state index is -3.48. The van der Waals surface area contributed by atoms with E-state index < -0.39 is 21.4 Å². The maximum atomic E-state index is 11.9. The van der Waals surface area contributed by atoms with E-state index in [0.29, 0.717) is 10.6 Å². The van der Waals surface area contributed by atoms with Crippen molar-refractivity contribution in [2.75, 3.05) is 12.9 Å². The molecular formula is C19H21ClO6S. The second-order valence-corrected chi connectivity index (χ2v) is 9.42. The number of esters is 1. The summed E-state index contributed by atoms with van der Waals surface area (Å²) in [6.45, 7) is 4.88. The van der Waals surface area contributed by atoms with Crippen LogP contribution in [0.3, 0.4) is 0 Å². The number of hydrogen-bond acceptors (Lipinski definition) is 6. The monoisotopic (exact) mass is 412 g/mol. The molecule has 0 radical (unpaired) electrons. The van der Waals surface area contributed by atoms with Crippen LogP contribution >= 0.6 is 11.6 Å². The van der Waals surface area contributed by atoms with E-state index in [9.17, 15) is 18.3 Å². The van der Waals surface area contributed by atoms with Gasteiger partial charge in [0.05, 0.1) is 4.90 Å². The zero-order valence-corrected chi connectivity index (χ0v) is 17.0. The van der Waals surface area contributed by atoms with Crippen LogP contribution in [0.2, 0.25) is 5.02 Å². The molecule has 0 saturated carbocycles. The Morgan fingerprint density at radius 1 is 1.11 bits per heavy atom. The lowest BCUT2D eigenvalue weighted by molar-refractivity contribution is -0.157. The average molecular weight is 413 g/mol. The van der Waals surface area contributed by atoms with Gasteiger partial charge in [-0.25, -0.2) is 13.2 Å². The molecule has 27 heavy (non-hydrogen) atoms. The van der Waals surface area contributed by atoms with E-state index in [4.69, 9.17) is 21.1 Å². The Morgan fingerprint density at radius 3 is 2.37 bits per heavy atom. The van der Waals surface area contributed by atoms with Crippen LogP contribution in [0.25, 0.3) is 11.1 Å². The van der Waals surface area contributed by atoms with Crippen LogP contribution in [-0.2, 0) is 19.4 Å². The molecule has 0 atom stereocenters. The molecule has 0 unspecified atom stereocenters. The van der Waals surface area contributed by atoms with Crippen LogP contribution in [0.5, 0.6) is 11.5 Å². The molecule has 0 aromatic heterocycles. The molecule has 0 spiro atoms. The van der Waals surface area contributed by atoms with Crippen molar-refractivity contribution < 1.29 is 27.8 Å². The summed E-state index contributed by atoms with van der Waals surface area (Å²) in [6.07, 6.45) is 1.07. The number of carbonyl (C=O) groups is 1. The van der Waals surface area contributed by atoms with E-state index in [-0.39, 0.29) is 28.6 Å². The minimum Gasteiger partial charge on any atom is -0.507 e. The fourth-order valence-electron chi connectivity index (χ4n) is 2.31. The maximum Gasteiger partial charge on any atom is 0.344 e. The van der Waals surface area contributed by atoms with Gasteiger partial charge in [-0.3, -0.25) is 0 Å². The van der Waals surface area contributed by atoms with Gasteiger partial charge in [0.1, 0.15) is 17.1 Å². The highest BCUT2D eigenvalue weighted by Gasteiger charge is 2.19. The topological polar surface area (TPSA) is 89.9 Å². The zero-order valence-electron chi connectivity index (χ0n) is 15.4. The van der Waals surface area contributed by atoms with Crippen molar-refractivity contribution in [2.45, 2.75) is 31.3 Å². The Hall–Kier alpha value is -2.25. The van der Waals surface area contributed by atoms with Crippen LogP contribution in [0.15, 0.2) is 41.3 Å². The van der Waals surface area contributed by atoms with E-state index in [0.717, 1.165) is 6.26 Å². The highest BCUT2D eigenvalue weighted by atomic mass is 35.5. The number of aromatic hydroxyl groups is 1. The van der Waals surface area contributed by atoms with Crippen LogP contribution in [-0.4, -0.2) is 38.0 Å². The third kappa shape index (κ3) is 5.87. The number of halogens is 1. The predicted molar refractivity (Wildman–Crippen MR) is 103 cm³/mol. The Morgan fingerprint density at radius 2 is 1.78 bits per heavy atom. The molecule has 2 aromatic carbocycles. The molecule has 0 amide bonds. The molecule has 8 heteroatoms. The summed E-state index contributed by atoms with van der Waals surface area (Å²) < 4.78 is 34.4. The molecule has 146 valence electrons. The lowest BCUT2D eigenvalue weighted by Gasteiger charge is -2.20. The molecule has 0 bridgehead atoms. The van der Waals surface area contributed by atoms with E-state index >= 15 is 0 Å². The van der Waals surface area contributed by atoms with E-state index in [1.807, 2.05) is 0 Å². The van der Waals surface area contributed by atoms with Crippen molar-refractivity contribution in [3.05, 3.63) is 41.4 Å². The fourth-order valence-corrected chi connectivity index (χ4v) is 3.13. The molecule has 0 aliphatic carbocycles. The number of hydrogen-bond donors (Lipinski definition) is 1. The van der Waals surface area contributed by atoms with Crippen molar-refractivity contribution in [1.82, 2.24) is 0 Å². The summed E-state index contributed by atoms with van der Waals surface area (Å²) in [4.78, 5) is 11.9. The maximum absolute atomic E-state index is 11.9. The molecule has 2 rings (SSSR count). The largest absolute Gasteiger partial charge is 0.507 e. The summed E-state index contributed by atoms with van der Waals surface area (Å²) in [6, 6.07) is 8.54. The number of phenols is 1. The normalized spacial score (nSPS) is 11.9. The molecule has 0 fully saturated rings. The quantitative estimate of drug-likeness (QED) is 0.750. The van der Waals surface area contributed by atoms with Crippen molar-refractivity contribution in [1.29, 1.82) is 0 Å². The molecule has 2 aromatic rings. The summed E-state index contributed by atoms with van der Waals surface area (Å²) in [7, 11) is -3.48. The van der Waals surface area contributed by atoms with E-state index in [1.54, 1.807) is 26.8 Å². The standard InChI is InChI=1S/C19H21ClO6S/c1-19(2,3)26-18(22)11-25-17-8-5-12(20)9-15(17)14-10-13(27(4,23)24)6-7-16(14)21/h5-10,21H,11H2,1-4H3. The van der Waals surface area contributed by atoms with Gasteiger partial charge < -0.3 is 14.6 Å². The lowest BCUT2D eigenvalue weighted by atomic mass is 10.0. The Kier molecular flexibility index (Phi) is 6.07. The average Bonchev–Trinajstić information content (AvgIpc) is 2.51. The molecule has 1 N–H and O–H groups in total. The smallest absolute Gasteiger partial charge is 0.344 e. The van der Waals surface area contributed by atoms with Gasteiger partial charge in [0, 0.05) is 22.4 Å². The highest BCUT2D eigenvalue weighted by Crippen LogP contribution is 2.38. The lowest BCUT2D eigenvalue weighted by Crippen LogP contribution is -2.27. The highest BCUT2D eigenvalue weighted by molar-refractivity contribution is 7.90. The first-order valence-electron chi connectivity index (χ1n) is 8.04. The van der Waals surface area contributed by atoms with Crippen LogP contribution < -0.4 is 4.74 Å². The van der Waals surface area contributed by atoms with Crippen LogP contribution in [0.1, 0.15) is 20.8 Å². The van der Waals surface area contributed by atoms with Crippen molar-refractivity contribution in [2.24, 2.45) is 0 Å². The SMILES string of the molecule is CC(C)(C)OC(=O)COc1ccc(Cl)cc1-c1cc(S(C)(=O)=O)ccc1O. The third-order valence-electron chi connectivity index (χ3n) is 3.39. The van der Waals surface area contributed by atoms with Crippen LogP contribution in [0, 0.1) is 0 Å². The molecule has 0 aliphatic heterocycles. The zero-order chi connectivity index (χ0) is 20.4. The molecular weight excluding hydrogens is 392 g/mol. The Bertz CT molecular complexity index is 961. The number of sulfone groups is 1. The Labute approximate surface area is 163 Å². The number of phenolic OH excluding ortho intramolecular Hbond substituents is 1. The van der Waals surface area contributed by atoms with Gasteiger partial charge in [0.25, 0.3) is 0 Å². The van der Waals surface area contributed by atoms with Gasteiger partial charge in [0.2, 0.25) is 0 Å². The molecule has 0 heterocycles. The van der Waals surface area contributed by atoms with Gasteiger partial charge >= 0.3 is 5.97 Å². The Balaban J connectivity index is 2.41. The van der Waals surface area contributed by atoms with Crippen molar-refractivity contribution in [3.8, 4) is 22.6 Å². The summed E-state index contributed by atoms with van der Waals surface area (Å²) in [5, 5.41) is 10.6. The van der Waals surface area contributed by atoms with Gasteiger partial charge in [-0.1, -0.05) is 11.6 Å². The third-order valence-corrected chi connectivity index (χ3v) is 4.74. The van der Waals surface area contributed by atoms with Crippen LogP contribution in [0.4, 0.5) is 0 Å². The summed E-state index contributed by atoms with van der Waals surface area (Å²) in [5.41, 5.74) is -0.0700. The first-order valence-corrected chi connectivity index (χ1v) is 10.3. The van der Waals surface area contributed by atoms with Gasteiger partial charge in [0.15, 0.2) is 16.4 Å². The van der Waals surface area contributed by atoms with Crippen molar-refractivity contribution in [3.63, 3.8) is 0 Å². The predicted octanol–water partition coefficient (Wildman–Crippen LogP) is 3.84. The second-order valence-electron chi connectivity index (χ2n) is 6.97. The fraction of sp³-hybridized carbons (Fsp3) is 0.316. The number of carbonyl (C=O) groups excluding carboxylic acids is 1. The molecule has 6 nitrogen and oxygen atoms in total. The minimum absolute atomic E-state index is 0.0355.